The molecule has 0 fully saturated rings. The Balaban J connectivity index is 2.76. The van der Waals surface area contributed by atoms with Crippen molar-refractivity contribution < 1.29 is 4.39 Å². The van der Waals surface area contributed by atoms with Crippen LogP contribution in [-0.2, 0) is 0 Å². The Morgan fingerprint density at radius 3 is 3.00 bits per heavy atom. The second-order valence-electron chi connectivity index (χ2n) is 2.48. The Hall–Kier alpha value is -1.32. The van der Waals surface area contributed by atoms with Crippen LogP contribution in [0.15, 0.2) is 33.9 Å². The number of nitrogens with zero attached hydrogens (tertiary/aromatic N) is 3. The first kappa shape index (κ1) is 10.8. The first-order chi connectivity index (χ1) is 6.74. The number of halogens is 2. The SMILES string of the molecule is [N-]=[N+]=NCC=Cc1ccc(F)cc1Br. The van der Waals surface area contributed by atoms with Crippen molar-refractivity contribution in [3.63, 3.8) is 0 Å². The van der Waals surface area contributed by atoms with E-state index in [1.165, 1.54) is 12.1 Å². The minimum Gasteiger partial charge on any atom is -0.207 e. The van der Waals surface area contributed by atoms with Gasteiger partial charge in [-0.1, -0.05) is 39.3 Å². The maximum Gasteiger partial charge on any atom is 0.124 e. The fourth-order valence-corrected chi connectivity index (χ4v) is 1.38. The van der Waals surface area contributed by atoms with Crippen molar-refractivity contribution in [1.82, 2.24) is 0 Å². The van der Waals surface area contributed by atoms with Crippen molar-refractivity contribution >= 4 is 22.0 Å². The van der Waals surface area contributed by atoms with E-state index in [1.54, 1.807) is 18.2 Å². The van der Waals surface area contributed by atoms with Gasteiger partial charge in [-0.2, -0.15) is 0 Å². The predicted octanol–water partition coefficient (Wildman–Crippen LogP) is 3.91. The van der Waals surface area contributed by atoms with Crippen molar-refractivity contribution in [2.45, 2.75) is 0 Å². The predicted molar refractivity (Wildman–Crippen MR) is 57.1 cm³/mol. The molecule has 0 aliphatic carbocycles. The van der Waals surface area contributed by atoms with E-state index >= 15 is 0 Å². The number of azide groups is 1. The zero-order chi connectivity index (χ0) is 10.4. The van der Waals surface area contributed by atoms with E-state index in [-0.39, 0.29) is 5.82 Å². The molecule has 14 heavy (non-hydrogen) atoms. The summed E-state index contributed by atoms with van der Waals surface area (Å²) in [5, 5.41) is 3.34. The normalized spacial score (nSPS) is 10.1. The first-order valence-electron chi connectivity index (χ1n) is 3.86. The third-order valence-electron chi connectivity index (χ3n) is 1.51. The lowest BCUT2D eigenvalue weighted by molar-refractivity contribution is 0.627. The summed E-state index contributed by atoms with van der Waals surface area (Å²) in [5.74, 6) is -0.288. The largest absolute Gasteiger partial charge is 0.207 e. The van der Waals surface area contributed by atoms with Gasteiger partial charge < -0.3 is 0 Å². The van der Waals surface area contributed by atoms with Gasteiger partial charge in [-0.3, -0.25) is 0 Å². The molecule has 72 valence electrons. The summed E-state index contributed by atoms with van der Waals surface area (Å²) in [7, 11) is 0. The third-order valence-corrected chi connectivity index (χ3v) is 2.20. The maximum atomic E-state index is 12.7. The zero-order valence-electron chi connectivity index (χ0n) is 7.19. The van der Waals surface area contributed by atoms with E-state index < -0.39 is 0 Å². The molecular weight excluding hydrogens is 249 g/mol. The van der Waals surface area contributed by atoms with Crippen LogP contribution in [0.2, 0.25) is 0 Å². The standard InChI is InChI=1S/C9H7BrFN3/c10-9-6-8(11)4-3-7(9)2-1-5-13-14-12/h1-4,6H,5H2. The summed E-state index contributed by atoms with van der Waals surface area (Å²) >= 11 is 3.22. The number of hydrogen-bond donors (Lipinski definition) is 0. The lowest BCUT2D eigenvalue weighted by Gasteiger charge is -1.97. The molecule has 1 rings (SSSR count). The van der Waals surface area contributed by atoms with E-state index in [4.69, 9.17) is 5.53 Å². The highest BCUT2D eigenvalue weighted by Gasteiger charge is 1.96. The minimum atomic E-state index is -0.288. The van der Waals surface area contributed by atoms with Crippen LogP contribution < -0.4 is 0 Å². The summed E-state index contributed by atoms with van der Waals surface area (Å²) in [6.07, 6.45) is 3.47. The van der Waals surface area contributed by atoms with Gasteiger partial charge in [0.15, 0.2) is 0 Å². The molecule has 1 aromatic carbocycles. The Bertz CT molecular complexity index is 397. The van der Waals surface area contributed by atoms with Gasteiger partial charge in [-0.15, -0.1) is 0 Å². The van der Waals surface area contributed by atoms with E-state index in [2.05, 4.69) is 26.0 Å². The van der Waals surface area contributed by atoms with Gasteiger partial charge in [0.05, 0.1) is 0 Å². The molecule has 0 spiro atoms. The van der Waals surface area contributed by atoms with Crippen LogP contribution in [-0.4, -0.2) is 6.54 Å². The van der Waals surface area contributed by atoms with E-state index in [0.717, 1.165) is 5.56 Å². The van der Waals surface area contributed by atoms with Crippen molar-refractivity contribution in [2.75, 3.05) is 6.54 Å². The number of benzene rings is 1. The van der Waals surface area contributed by atoms with Crippen molar-refractivity contribution in [2.24, 2.45) is 5.11 Å². The molecule has 5 heteroatoms. The lowest BCUT2D eigenvalue weighted by atomic mass is 10.2. The molecule has 0 heterocycles. The summed E-state index contributed by atoms with van der Waals surface area (Å²) in [6.45, 7) is 0.292. The van der Waals surface area contributed by atoms with Gasteiger partial charge in [0.2, 0.25) is 0 Å². The number of rotatable bonds is 3. The topological polar surface area (TPSA) is 48.8 Å². The van der Waals surface area contributed by atoms with Crippen LogP contribution in [0.5, 0.6) is 0 Å². The Labute approximate surface area is 89.0 Å². The monoisotopic (exact) mass is 255 g/mol. The number of hydrogen-bond acceptors (Lipinski definition) is 1. The van der Waals surface area contributed by atoms with Gasteiger partial charge in [0.1, 0.15) is 5.82 Å². The molecule has 0 unspecified atom stereocenters. The second kappa shape index (κ2) is 5.42. The minimum absolute atomic E-state index is 0.288. The summed E-state index contributed by atoms with van der Waals surface area (Å²) in [5.41, 5.74) is 8.87. The first-order valence-corrected chi connectivity index (χ1v) is 4.66. The van der Waals surface area contributed by atoms with Crippen LogP contribution in [0.3, 0.4) is 0 Å². The molecule has 0 N–H and O–H groups in total. The average molecular weight is 256 g/mol. The average Bonchev–Trinajstić information content (AvgIpc) is 2.15. The second-order valence-corrected chi connectivity index (χ2v) is 3.34. The summed E-state index contributed by atoms with van der Waals surface area (Å²) in [6, 6.07) is 4.40. The van der Waals surface area contributed by atoms with Crippen molar-refractivity contribution in [3.05, 3.63) is 50.6 Å². The molecule has 0 aliphatic rings. The highest BCUT2D eigenvalue weighted by molar-refractivity contribution is 9.10. The Morgan fingerprint density at radius 2 is 2.36 bits per heavy atom. The summed E-state index contributed by atoms with van der Waals surface area (Å²) in [4.78, 5) is 2.61. The molecule has 0 atom stereocenters. The molecule has 0 bridgehead atoms. The molecular formula is C9H7BrFN3. The zero-order valence-corrected chi connectivity index (χ0v) is 8.78. The van der Waals surface area contributed by atoms with Crippen molar-refractivity contribution in [1.29, 1.82) is 0 Å². The van der Waals surface area contributed by atoms with Gasteiger partial charge >= 0.3 is 0 Å². The highest BCUT2D eigenvalue weighted by atomic mass is 79.9. The quantitative estimate of drug-likeness (QED) is 0.447. The molecule has 0 aromatic heterocycles. The van der Waals surface area contributed by atoms with Gasteiger partial charge in [0, 0.05) is 15.9 Å². The van der Waals surface area contributed by atoms with Gasteiger partial charge in [-0.05, 0) is 23.2 Å². The van der Waals surface area contributed by atoms with E-state index in [0.29, 0.717) is 11.0 Å². The van der Waals surface area contributed by atoms with E-state index in [9.17, 15) is 4.39 Å². The maximum absolute atomic E-state index is 12.7. The molecule has 1 aromatic rings. The van der Waals surface area contributed by atoms with Gasteiger partial charge in [0.25, 0.3) is 0 Å². The van der Waals surface area contributed by atoms with Gasteiger partial charge in [-0.25, -0.2) is 4.39 Å². The smallest absolute Gasteiger partial charge is 0.124 e. The highest BCUT2D eigenvalue weighted by Crippen LogP contribution is 2.19. The molecule has 0 amide bonds. The van der Waals surface area contributed by atoms with Crippen LogP contribution in [0.4, 0.5) is 4.39 Å². The fraction of sp³-hybridized carbons (Fsp3) is 0.111. The molecule has 3 nitrogen and oxygen atoms in total. The fourth-order valence-electron chi connectivity index (χ4n) is 0.900. The Kier molecular flexibility index (Phi) is 4.16. The van der Waals surface area contributed by atoms with E-state index in [1.807, 2.05) is 0 Å². The Morgan fingerprint density at radius 1 is 1.57 bits per heavy atom. The third kappa shape index (κ3) is 3.20. The molecule has 0 aliphatic heterocycles. The lowest BCUT2D eigenvalue weighted by Crippen LogP contribution is -1.79. The van der Waals surface area contributed by atoms with Crippen LogP contribution in [0.1, 0.15) is 5.56 Å². The molecule has 0 radical (unpaired) electrons. The van der Waals surface area contributed by atoms with Crippen LogP contribution in [0, 0.1) is 5.82 Å². The molecule has 0 saturated heterocycles. The molecule has 0 saturated carbocycles. The van der Waals surface area contributed by atoms with Crippen LogP contribution >= 0.6 is 15.9 Å². The van der Waals surface area contributed by atoms with Crippen LogP contribution in [0.25, 0.3) is 16.5 Å². The van der Waals surface area contributed by atoms with Crippen molar-refractivity contribution in [3.8, 4) is 0 Å². The summed E-state index contributed by atoms with van der Waals surface area (Å²) < 4.78 is 13.3.